The van der Waals surface area contributed by atoms with Gasteiger partial charge in [-0.05, 0) is 47.9 Å². The number of aryl methyl sites for hydroxylation is 1. The molecule has 0 fully saturated rings. The van der Waals surface area contributed by atoms with Crippen LogP contribution in [0.2, 0.25) is 5.02 Å². The van der Waals surface area contributed by atoms with Crippen molar-refractivity contribution in [2.75, 3.05) is 0 Å². The van der Waals surface area contributed by atoms with Gasteiger partial charge in [0.15, 0.2) is 0 Å². The zero-order chi connectivity index (χ0) is 15.6. The van der Waals surface area contributed by atoms with Crippen LogP contribution in [0, 0.1) is 12.7 Å². The number of rotatable bonds is 4. The molecule has 0 amide bonds. The molecule has 0 spiro atoms. The van der Waals surface area contributed by atoms with E-state index in [1.807, 2.05) is 0 Å². The van der Waals surface area contributed by atoms with E-state index in [0.29, 0.717) is 16.7 Å². The summed E-state index contributed by atoms with van der Waals surface area (Å²) in [7, 11) is 0. The Bertz CT molecular complexity index is 649. The zero-order valence-electron chi connectivity index (χ0n) is 11.1. The van der Waals surface area contributed by atoms with Gasteiger partial charge < -0.3 is 10.5 Å². The van der Waals surface area contributed by atoms with Crippen molar-refractivity contribution in [2.24, 2.45) is 5.73 Å². The predicted octanol–water partition coefficient (Wildman–Crippen LogP) is 4.44. The summed E-state index contributed by atoms with van der Waals surface area (Å²) in [4.78, 5) is 0. The van der Waals surface area contributed by atoms with E-state index in [0.717, 1.165) is 0 Å². The Morgan fingerprint density at radius 2 is 1.90 bits per heavy atom. The lowest BCUT2D eigenvalue weighted by molar-refractivity contribution is -0.0498. The molecule has 0 saturated carbocycles. The van der Waals surface area contributed by atoms with Gasteiger partial charge in [-0.3, -0.25) is 0 Å². The molecule has 0 saturated heterocycles. The van der Waals surface area contributed by atoms with Crippen molar-refractivity contribution in [3.05, 3.63) is 63.9 Å². The topological polar surface area (TPSA) is 35.2 Å². The maximum Gasteiger partial charge on any atom is 0.387 e. The van der Waals surface area contributed by atoms with Crippen LogP contribution < -0.4 is 10.5 Å². The summed E-state index contributed by atoms with van der Waals surface area (Å²) in [6.45, 7) is -1.31. The normalized spacial score (nSPS) is 12.5. The summed E-state index contributed by atoms with van der Waals surface area (Å²) in [6.07, 6.45) is 0. The van der Waals surface area contributed by atoms with E-state index < -0.39 is 18.5 Å². The van der Waals surface area contributed by atoms with Crippen LogP contribution in [0.3, 0.4) is 0 Å². The third kappa shape index (κ3) is 3.68. The monoisotopic (exact) mass is 315 g/mol. The largest absolute Gasteiger partial charge is 0.435 e. The molecule has 112 valence electrons. The van der Waals surface area contributed by atoms with Crippen molar-refractivity contribution in [3.8, 4) is 5.75 Å². The second kappa shape index (κ2) is 6.37. The third-order valence-corrected chi connectivity index (χ3v) is 3.38. The van der Waals surface area contributed by atoms with Gasteiger partial charge in [0.25, 0.3) is 0 Å². The highest BCUT2D eigenvalue weighted by atomic mass is 35.5. The van der Waals surface area contributed by atoms with Gasteiger partial charge in [-0.1, -0.05) is 23.7 Å². The predicted molar refractivity (Wildman–Crippen MR) is 75.3 cm³/mol. The van der Waals surface area contributed by atoms with Crippen molar-refractivity contribution in [1.82, 2.24) is 0 Å². The van der Waals surface area contributed by atoms with Crippen LogP contribution in [0.5, 0.6) is 5.75 Å². The molecule has 2 aromatic carbocycles. The lowest BCUT2D eigenvalue weighted by atomic mass is 9.97. The number of benzene rings is 2. The molecule has 0 heterocycles. The van der Waals surface area contributed by atoms with E-state index in [4.69, 9.17) is 17.3 Å². The van der Waals surface area contributed by atoms with Crippen molar-refractivity contribution >= 4 is 11.6 Å². The molecule has 21 heavy (non-hydrogen) atoms. The molecule has 0 aliphatic rings. The van der Waals surface area contributed by atoms with Crippen molar-refractivity contribution < 1.29 is 17.9 Å². The smallest absolute Gasteiger partial charge is 0.387 e. The third-order valence-electron chi connectivity index (χ3n) is 3.06. The summed E-state index contributed by atoms with van der Waals surface area (Å²) in [6, 6.07) is 8.09. The molecule has 6 heteroatoms. The van der Waals surface area contributed by atoms with Crippen molar-refractivity contribution in [2.45, 2.75) is 19.6 Å². The van der Waals surface area contributed by atoms with Crippen LogP contribution in [0.15, 0.2) is 36.4 Å². The minimum absolute atomic E-state index is 0.00732. The first-order valence-corrected chi connectivity index (χ1v) is 6.52. The molecule has 2 aromatic rings. The van der Waals surface area contributed by atoms with Crippen LogP contribution in [0.1, 0.15) is 22.7 Å². The number of alkyl halides is 2. The Hall–Kier alpha value is -1.72. The van der Waals surface area contributed by atoms with E-state index in [9.17, 15) is 13.2 Å². The summed E-state index contributed by atoms with van der Waals surface area (Å²) < 4.78 is 42.2. The van der Waals surface area contributed by atoms with Crippen LogP contribution in [-0.4, -0.2) is 6.61 Å². The quantitative estimate of drug-likeness (QED) is 0.905. The Labute approximate surface area is 125 Å². The maximum atomic E-state index is 13.4. The van der Waals surface area contributed by atoms with Gasteiger partial charge in [0.05, 0.1) is 6.04 Å². The second-order valence-corrected chi connectivity index (χ2v) is 4.96. The van der Waals surface area contributed by atoms with Crippen LogP contribution >= 0.6 is 11.6 Å². The van der Waals surface area contributed by atoms with Gasteiger partial charge in [-0.2, -0.15) is 8.78 Å². The fourth-order valence-corrected chi connectivity index (χ4v) is 2.25. The number of ether oxygens (including phenoxy) is 1. The van der Waals surface area contributed by atoms with E-state index in [2.05, 4.69) is 4.74 Å². The van der Waals surface area contributed by atoms with Crippen molar-refractivity contribution in [3.63, 3.8) is 0 Å². The Kier molecular flexibility index (Phi) is 4.75. The molecule has 0 aliphatic heterocycles. The summed E-state index contributed by atoms with van der Waals surface area (Å²) in [5.41, 5.74) is 7.55. The molecule has 0 radical (unpaired) electrons. The highest BCUT2D eigenvalue weighted by molar-refractivity contribution is 6.31. The molecular formula is C15H13ClF3NO. The number of hydrogen-bond acceptors (Lipinski definition) is 2. The summed E-state index contributed by atoms with van der Waals surface area (Å²) in [5.74, 6) is -0.418. The van der Waals surface area contributed by atoms with Crippen LogP contribution in [-0.2, 0) is 0 Å². The van der Waals surface area contributed by atoms with E-state index in [1.54, 1.807) is 25.1 Å². The standard InChI is InChI=1S/C15H13ClF3NO/c1-8-5-11(12(16)7-13(8)17)14(20)9-3-2-4-10(6-9)21-15(18)19/h2-7,14-15H,20H2,1H3. The second-order valence-electron chi connectivity index (χ2n) is 4.55. The lowest BCUT2D eigenvalue weighted by Gasteiger charge is -2.16. The molecule has 0 aliphatic carbocycles. The highest BCUT2D eigenvalue weighted by Crippen LogP contribution is 2.30. The number of nitrogens with two attached hydrogens (primary N) is 1. The molecule has 2 rings (SSSR count). The first kappa shape index (κ1) is 15.7. The molecule has 2 N–H and O–H groups in total. The fourth-order valence-electron chi connectivity index (χ4n) is 1.98. The SMILES string of the molecule is Cc1cc(C(N)c2cccc(OC(F)F)c2)c(Cl)cc1F. The molecule has 0 aromatic heterocycles. The average molecular weight is 316 g/mol. The van der Waals surface area contributed by atoms with Gasteiger partial charge in [0.2, 0.25) is 0 Å². The van der Waals surface area contributed by atoms with Gasteiger partial charge in [-0.15, -0.1) is 0 Å². The number of halogens is 4. The molecule has 2 nitrogen and oxygen atoms in total. The molecule has 1 unspecified atom stereocenters. The minimum Gasteiger partial charge on any atom is -0.435 e. The minimum atomic E-state index is -2.91. The highest BCUT2D eigenvalue weighted by Gasteiger charge is 2.16. The maximum absolute atomic E-state index is 13.4. The van der Waals surface area contributed by atoms with Gasteiger partial charge in [0.1, 0.15) is 11.6 Å². The lowest BCUT2D eigenvalue weighted by Crippen LogP contribution is -2.13. The Morgan fingerprint density at radius 1 is 1.19 bits per heavy atom. The van der Waals surface area contributed by atoms with Gasteiger partial charge in [-0.25, -0.2) is 4.39 Å². The van der Waals surface area contributed by atoms with Gasteiger partial charge >= 0.3 is 6.61 Å². The molecule has 0 bridgehead atoms. The first-order valence-electron chi connectivity index (χ1n) is 6.14. The molecular weight excluding hydrogens is 303 g/mol. The number of hydrogen-bond donors (Lipinski definition) is 1. The van der Waals surface area contributed by atoms with Crippen molar-refractivity contribution in [1.29, 1.82) is 0 Å². The fraction of sp³-hybridized carbons (Fsp3) is 0.200. The van der Waals surface area contributed by atoms with Crippen LogP contribution in [0.25, 0.3) is 0 Å². The Balaban J connectivity index is 2.36. The Morgan fingerprint density at radius 3 is 2.57 bits per heavy atom. The first-order chi connectivity index (χ1) is 9.88. The molecule has 1 atom stereocenters. The average Bonchev–Trinajstić information content (AvgIpc) is 2.41. The summed E-state index contributed by atoms with van der Waals surface area (Å²) >= 11 is 6.00. The summed E-state index contributed by atoms with van der Waals surface area (Å²) in [5, 5.41) is 0.186. The van der Waals surface area contributed by atoms with Crippen LogP contribution in [0.4, 0.5) is 13.2 Å². The zero-order valence-corrected chi connectivity index (χ0v) is 11.9. The van der Waals surface area contributed by atoms with E-state index >= 15 is 0 Å². The van der Waals surface area contributed by atoms with E-state index in [1.165, 1.54) is 18.2 Å². The van der Waals surface area contributed by atoms with Gasteiger partial charge in [0, 0.05) is 5.02 Å². The van der Waals surface area contributed by atoms with E-state index in [-0.39, 0.29) is 10.8 Å².